The lowest BCUT2D eigenvalue weighted by Gasteiger charge is -2.11. The van der Waals surface area contributed by atoms with Crippen LogP contribution in [0.5, 0.6) is 0 Å². The fraction of sp³-hybridized carbons (Fsp3) is 0.583. The quantitative estimate of drug-likeness (QED) is 0.713. The van der Waals surface area contributed by atoms with Crippen molar-refractivity contribution < 1.29 is 0 Å². The summed E-state index contributed by atoms with van der Waals surface area (Å²) in [5, 5.41) is 0. The van der Waals surface area contributed by atoms with E-state index >= 15 is 0 Å². The highest BCUT2D eigenvalue weighted by atomic mass is 15.0. The van der Waals surface area contributed by atoms with Gasteiger partial charge < -0.3 is 16.5 Å². The minimum Gasteiger partial charge on any atom is -0.382 e. The Morgan fingerprint density at radius 1 is 1.33 bits per heavy atom. The third-order valence-corrected chi connectivity index (χ3v) is 3.31. The molecule has 0 aliphatic carbocycles. The predicted octanol–water partition coefficient (Wildman–Crippen LogP) is 1.24. The first-order valence-corrected chi connectivity index (χ1v) is 6.39. The fourth-order valence-electron chi connectivity index (χ4n) is 2.14. The van der Waals surface area contributed by atoms with Gasteiger partial charge in [-0.15, -0.1) is 0 Å². The average Bonchev–Trinajstić information content (AvgIpc) is 2.79. The molecule has 0 aliphatic rings. The van der Waals surface area contributed by atoms with Crippen LogP contribution < -0.4 is 11.5 Å². The monoisotopic (exact) mass is 248 g/mol. The van der Waals surface area contributed by atoms with E-state index in [1.165, 1.54) is 6.33 Å². The predicted molar refractivity (Wildman–Crippen MR) is 71.9 cm³/mol. The van der Waals surface area contributed by atoms with Gasteiger partial charge >= 0.3 is 0 Å². The molecule has 1 atom stereocenters. The van der Waals surface area contributed by atoms with Crippen LogP contribution in [-0.2, 0) is 6.42 Å². The molecule has 0 aliphatic heterocycles. The van der Waals surface area contributed by atoms with Crippen molar-refractivity contribution in [1.29, 1.82) is 0 Å². The highest BCUT2D eigenvalue weighted by Crippen LogP contribution is 2.18. The zero-order valence-corrected chi connectivity index (χ0v) is 10.7. The van der Waals surface area contributed by atoms with E-state index in [0.29, 0.717) is 17.4 Å². The van der Waals surface area contributed by atoms with Gasteiger partial charge in [0.25, 0.3) is 0 Å². The minimum atomic E-state index is 0.452. The molecule has 0 radical (unpaired) electrons. The molecule has 2 aromatic rings. The Hall–Kier alpha value is -1.69. The Labute approximate surface area is 106 Å². The number of hydrogen-bond acceptors (Lipinski definition) is 5. The number of H-pyrrole nitrogens is 1. The lowest BCUT2D eigenvalue weighted by molar-refractivity contribution is 0.440. The molecule has 2 aromatic heterocycles. The second-order valence-electron chi connectivity index (χ2n) is 4.53. The third kappa shape index (κ3) is 2.76. The van der Waals surface area contributed by atoms with Gasteiger partial charge in [-0.25, -0.2) is 15.0 Å². The molecule has 0 bridgehead atoms. The number of nitrogens with zero attached hydrogens (tertiary/aromatic N) is 3. The van der Waals surface area contributed by atoms with E-state index < -0.39 is 0 Å². The Balaban J connectivity index is 2.06. The van der Waals surface area contributed by atoms with Crippen LogP contribution in [-0.4, -0.2) is 26.5 Å². The van der Waals surface area contributed by atoms with Gasteiger partial charge in [0.2, 0.25) is 0 Å². The van der Waals surface area contributed by atoms with Gasteiger partial charge in [-0.2, -0.15) is 0 Å². The second-order valence-corrected chi connectivity index (χ2v) is 4.53. The van der Waals surface area contributed by atoms with Crippen LogP contribution in [0.1, 0.15) is 32.0 Å². The molecule has 0 fully saturated rings. The number of nitrogens with two attached hydrogens (primary N) is 2. The molecule has 0 aromatic carbocycles. The summed E-state index contributed by atoms with van der Waals surface area (Å²) < 4.78 is 0. The molecule has 6 heteroatoms. The molecular weight excluding hydrogens is 228 g/mol. The number of fused-ring (bicyclic) bond motifs is 1. The van der Waals surface area contributed by atoms with Crippen molar-refractivity contribution in [3.63, 3.8) is 0 Å². The van der Waals surface area contributed by atoms with Crippen LogP contribution in [0.15, 0.2) is 6.33 Å². The summed E-state index contributed by atoms with van der Waals surface area (Å²) in [4.78, 5) is 15.6. The number of aromatic nitrogens is 4. The molecule has 2 rings (SSSR count). The molecule has 18 heavy (non-hydrogen) atoms. The summed E-state index contributed by atoms with van der Waals surface area (Å²) in [6.07, 6.45) is 5.64. The number of rotatable bonds is 6. The van der Waals surface area contributed by atoms with E-state index in [0.717, 1.165) is 43.6 Å². The highest BCUT2D eigenvalue weighted by molar-refractivity contribution is 5.80. The summed E-state index contributed by atoms with van der Waals surface area (Å²) in [6, 6.07) is 0. The molecule has 98 valence electrons. The molecule has 6 nitrogen and oxygen atoms in total. The number of aryl methyl sites for hydroxylation is 1. The zero-order chi connectivity index (χ0) is 13.0. The fourth-order valence-corrected chi connectivity index (χ4v) is 2.14. The molecule has 0 spiro atoms. The SMILES string of the molecule is CCC(CCN)CCc1nc2ncnc(N)c2[nH]1. The highest BCUT2D eigenvalue weighted by Gasteiger charge is 2.10. The van der Waals surface area contributed by atoms with Gasteiger partial charge in [0.05, 0.1) is 0 Å². The van der Waals surface area contributed by atoms with Crippen molar-refractivity contribution in [2.75, 3.05) is 12.3 Å². The van der Waals surface area contributed by atoms with Gasteiger partial charge in [0, 0.05) is 6.42 Å². The molecule has 0 amide bonds. The largest absolute Gasteiger partial charge is 0.382 e. The Kier molecular flexibility index (Phi) is 4.09. The Morgan fingerprint density at radius 3 is 2.83 bits per heavy atom. The smallest absolute Gasteiger partial charge is 0.183 e. The standard InChI is InChI=1S/C12H20N6/c1-2-8(5-6-13)3-4-9-17-10-11(14)15-7-16-12(10)18-9/h7-8H,2-6,13H2,1H3,(H3,14,15,16,17,18). The van der Waals surface area contributed by atoms with E-state index in [9.17, 15) is 0 Å². The topological polar surface area (TPSA) is 106 Å². The van der Waals surface area contributed by atoms with Gasteiger partial charge in [-0.05, 0) is 25.3 Å². The van der Waals surface area contributed by atoms with Crippen molar-refractivity contribution in [1.82, 2.24) is 19.9 Å². The van der Waals surface area contributed by atoms with E-state index in [1.807, 2.05) is 0 Å². The Morgan fingerprint density at radius 2 is 2.17 bits per heavy atom. The summed E-state index contributed by atoms with van der Waals surface area (Å²) >= 11 is 0. The minimum absolute atomic E-state index is 0.452. The summed E-state index contributed by atoms with van der Waals surface area (Å²) in [5.74, 6) is 2.03. The van der Waals surface area contributed by atoms with E-state index in [4.69, 9.17) is 11.5 Å². The summed E-state index contributed by atoms with van der Waals surface area (Å²) in [6.45, 7) is 2.94. The second kappa shape index (κ2) is 5.77. The number of anilines is 1. The molecule has 0 saturated carbocycles. The maximum absolute atomic E-state index is 5.76. The van der Waals surface area contributed by atoms with Crippen molar-refractivity contribution in [3.8, 4) is 0 Å². The molecule has 5 N–H and O–H groups in total. The Bertz CT molecular complexity index is 506. The maximum Gasteiger partial charge on any atom is 0.183 e. The van der Waals surface area contributed by atoms with Gasteiger partial charge in [0.15, 0.2) is 11.5 Å². The average molecular weight is 248 g/mol. The van der Waals surface area contributed by atoms with Gasteiger partial charge in [-0.1, -0.05) is 13.3 Å². The first-order valence-electron chi connectivity index (χ1n) is 6.39. The molecule has 2 heterocycles. The van der Waals surface area contributed by atoms with Crippen molar-refractivity contribution in [3.05, 3.63) is 12.2 Å². The number of aromatic amines is 1. The van der Waals surface area contributed by atoms with Crippen molar-refractivity contribution in [2.45, 2.75) is 32.6 Å². The molecular formula is C12H20N6. The maximum atomic E-state index is 5.76. The number of imidazole rings is 1. The number of nitrogens with one attached hydrogen (secondary N) is 1. The van der Waals surface area contributed by atoms with Gasteiger partial charge in [0.1, 0.15) is 17.7 Å². The van der Waals surface area contributed by atoms with Crippen LogP contribution in [0.4, 0.5) is 5.82 Å². The van der Waals surface area contributed by atoms with Crippen LogP contribution in [0.2, 0.25) is 0 Å². The number of hydrogen-bond donors (Lipinski definition) is 3. The zero-order valence-electron chi connectivity index (χ0n) is 10.7. The van der Waals surface area contributed by atoms with Crippen molar-refractivity contribution in [2.24, 2.45) is 11.7 Å². The first kappa shape index (κ1) is 12.8. The third-order valence-electron chi connectivity index (χ3n) is 3.31. The number of nitrogen functional groups attached to an aromatic ring is 1. The van der Waals surface area contributed by atoms with E-state index in [2.05, 4.69) is 26.9 Å². The molecule has 0 saturated heterocycles. The summed E-state index contributed by atoms with van der Waals surface area (Å²) in [5.41, 5.74) is 12.7. The first-order chi connectivity index (χ1) is 8.74. The van der Waals surface area contributed by atoms with E-state index in [1.54, 1.807) is 0 Å². The van der Waals surface area contributed by atoms with Crippen molar-refractivity contribution >= 4 is 17.0 Å². The van der Waals surface area contributed by atoms with Crippen LogP contribution in [0.25, 0.3) is 11.2 Å². The van der Waals surface area contributed by atoms with Crippen LogP contribution in [0, 0.1) is 5.92 Å². The van der Waals surface area contributed by atoms with Crippen LogP contribution >= 0.6 is 0 Å². The lowest BCUT2D eigenvalue weighted by Crippen LogP contribution is -2.09. The van der Waals surface area contributed by atoms with Gasteiger partial charge in [-0.3, -0.25) is 0 Å². The molecule has 1 unspecified atom stereocenters. The summed E-state index contributed by atoms with van der Waals surface area (Å²) in [7, 11) is 0. The van der Waals surface area contributed by atoms with E-state index in [-0.39, 0.29) is 0 Å². The normalized spacial score (nSPS) is 13.0. The van der Waals surface area contributed by atoms with Crippen LogP contribution in [0.3, 0.4) is 0 Å². The lowest BCUT2D eigenvalue weighted by atomic mass is 9.97.